The van der Waals surface area contributed by atoms with Crippen molar-refractivity contribution in [3.63, 3.8) is 0 Å². The molecule has 2 amide bonds. The van der Waals surface area contributed by atoms with E-state index in [-0.39, 0.29) is 25.6 Å². The van der Waals surface area contributed by atoms with Crippen LogP contribution in [-0.2, 0) is 20.9 Å². The van der Waals surface area contributed by atoms with Crippen molar-refractivity contribution in [2.45, 2.75) is 39.8 Å². The van der Waals surface area contributed by atoms with Crippen molar-refractivity contribution in [2.75, 3.05) is 6.61 Å². The van der Waals surface area contributed by atoms with Crippen LogP contribution in [0.15, 0.2) is 30.3 Å². The molecule has 132 valence electrons. The Kier molecular flexibility index (Phi) is 7.74. The molecule has 0 aliphatic heterocycles. The van der Waals surface area contributed by atoms with E-state index >= 15 is 0 Å². The number of rotatable bonds is 7. The van der Waals surface area contributed by atoms with E-state index in [0.717, 1.165) is 5.56 Å². The molecule has 0 unspecified atom stereocenters. The standard InChI is InChI=1S/C17H23NO6/c1-4-23-16(21)18(14(15(19)20)10-12(2)3)17(22)24-11-13-8-6-5-7-9-13/h5-9,12,14H,4,10-11H2,1-3H3,(H,19,20)/t14-/m0/s1. The van der Waals surface area contributed by atoms with Crippen molar-refractivity contribution in [3.05, 3.63) is 35.9 Å². The van der Waals surface area contributed by atoms with Crippen LogP contribution in [-0.4, -0.2) is 40.8 Å². The summed E-state index contributed by atoms with van der Waals surface area (Å²) in [6, 6.07) is 7.55. The zero-order valence-corrected chi connectivity index (χ0v) is 14.1. The van der Waals surface area contributed by atoms with Gasteiger partial charge >= 0.3 is 18.2 Å². The van der Waals surface area contributed by atoms with Gasteiger partial charge in [-0.1, -0.05) is 44.2 Å². The molecule has 7 heteroatoms. The molecule has 0 heterocycles. The van der Waals surface area contributed by atoms with Crippen LogP contribution in [0.1, 0.15) is 32.8 Å². The number of ether oxygens (including phenoxy) is 2. The van der Waals surface area contributed by atoms with Crippen LogP contribution < -0.4 is 0 Å². The van der Waals surface area contributed by atoms with Crippen LogP contribution in [0, 0.1) is 5.92 Å². The van der Waals surface area contributed by atoms with E-state index in [1.54, 1.807) is 45.0 Å². The van der Waals surface area contributed by atoms with E-state index in [9.17, 15) is 19.5 Å². The fourth-order valence-corrected chi connectivity index (χ4v) is 2.07. The van der Waals surface area contributed by atoms with Gasteiger partial charge in [-0.3, -0.25) is 0 Å². The number of hydrogen-bond donors (Lipinski definition) is 1. The SMILES string of the molecule is CCOC(=O)N(C(=O)OCc1ccccc1)[C@@H](CC(C)C)C(=O)O. The molecule has 0 spiro atoms. The maximum Gasteiger partial charge on any atom is 0.420 e. The molecule has 0 saturated heterocycles. The number of aliphatic carboxylic acids is 1. The minimum atomic E-state index is -1.34. The van der Waals surface area contributed by atoms with Crippen LogP contribution in [0.4, 0.5) is 9.59 Å². The van der Waals surface area contributed by atoms with Crippen LogP contribution in [0.2, 0.25) is 0 Å². The topological polar surface area (TPSA) is 93.1 Å². The van der Waals surface area contributed by atoms with Crippen LogP contribution in [0.3, 0.4) is 0 Å². The van der Waals surface area contributed by atoms with Crippen molar-refractivity contribution >= 4 is 18.2 Å². The maximum atomic E-state index is 12.3. The van der Waals surface area contributed by atoms with Gasteiger partial charge in [0.15, 0.2) is 0 Å². The molecule has 1 atom stereocenters. The highest BCUT2D eigenvalue weighted by molar-refractivity contribution is 5.93. The first-order chi connectivity index (χ1) is 11.4. The Balaban J connectivity index is 2.92. The molecular formula is C17H23NO6. The Morgan fingerprint density at radius 1 is 1.08 bits per heavy atom. The second-order valence-corrected chi connectivity index (χ2v) is 5.59. The molecule has 0 aliphatic rings. The lowest BCUT2D eigenvalue weighted by atomic mass is 10.0. The lowest BCUT2D eigenvalue weighted by Crippen LogP contribution is -2.49. The number of amides is 2. The lowest BCUT2D eigenvalue weighted by Gasteiger charge is -2.26. The molecule has 0 bridgehead atoms. The van der Waals surface area contributed by atoms with Crippen LogP contribution in [0.5, 0.6) is 0 Å². The fraction of sp³-hybridized carbons (Fsp3) is 0.471. The molecule has 1 rings (SSSR count). The number of carbonyl (C=O) groups excluding carboxylic acids is 2. The molecule has 7 nitrogen and oxygen atoms in total. The third-order valence-corrected chi connectivity index (χ3v) is 3.16. The average molecular weight is 337 g/mol. The number of imide groups is 1. The summed E-state index contributed by atoms with van der Waals surface area (Å²) in [6.45, 7) is 5.13. The second kappa shape index (κ2) is 9.54. The van der Waals surface area contributed by atoms with Crippen molar-refractivity contribution in [2.24, 2.45) is 5.92 Å². The molecule has 0 aliphatic carbocycles. The van der Waals surface area contributed by atoms with Crippen LogP contribution >= 0.6 is 0 Å². The number of carbonyl (C=O) groups is 3. The maximum absolute atomic E-state index is 12.3. The van der Waals surface area contributed by atoms with E-state index in [4.69, 9.17) is 9.47 Å². The molecule has 24 heavy (non-hydrogen) atoms. The van der Waals surface area contributed by atoms with Gasteiger partial charge in [0.25, 0.3) is 0 Å². The number of nitrogens with zero attached hydrogens (tertiary/aromatic N) is 1. The summed E-state index contributed by atoms with van der Waals surface area (Å²) in [7, 11) is 0. The number of hydrogen-bond acceptors (Lipinski definition) is 5. The largest absolute Gasteiger partial charge is 0.480 e. The van der Waals surface area contributed by atoms with Gasteiger partial charge in [-0.2, -0.15) is 4.90 Å². The number of carboxylic acids is 1. The van der Waals surface area contributed by atoms with Crippen molar-refractivity contribution in [1.82, 2.24) is 4.90 Å². The molecule has 0 aromatic heterocycles. The Morgan fingerprint density at radius 3 is 2.17 bits per heavy atom. The third kappa shape index (κ3) is 5.91. The van der Waals surface area contributed by atoms with Gasteiger partial charge in [0.05, 0.1) is 6.61 Å². The first-order valence-electron chi connectivity index (χ1n) is 7.76. The quantitative estimate of drug-likeness (QED) is 0.820. The van der Waals surface area contributed by atoms with E-state index in [0.29, 0.717) is 4.90 Å². The van der Waals surface area contributed by atoms with Crippen LogP contribution in [0.25, 0.3) is 0 Å². The minimum Gasteiger partial charge on any atom is -0.480 e. The Hall–Kier alpha value is -2.57. The van der Waals surface area contributed by atoms with E-state index in [1.165, 1.54) is 0 Å². The zero-order valence-electron chi connectivity index (χ0n) is 14.1. The summed E-state index contributed by atoms with van der Waals surface area (Å²) in [5, 5.41) is 9.39. The van der Waals surface area contributed by atoms with Crippen molar-refractivity contribution in [1.29, 1.82) is 0 Å². The van der Waals surface area contributed by atoms with Gasteiger partial charge < -0.3 is 14.6 Å². The summed E-state index contributed by atoms with van der Waals surface area (Å²) in [5.41, 5.74) is 0.727. The molecule has 1 aromatic carbocycles. The van der Waals surface area contributed by atoms with Gasteiger partial charge in [0, 0.05) is 0 Å². The summed E-state index contributed by atoms with van der Waals surface area (Å²) in [6.07, 6.45) is -1.96. The highest BCUT2D eigenvalue weighted by atomic mass is 16.6. The summed E-state index contributed by atoms with van der Waals surface area (Å²) in [4.78, 5) is 36.4. The van der Waals surface area contributed by atoms with Gasteiger partial charge in [-0.05, 0) is 24.8 Å². The number of benzene rings is 1. The molecule has 0 radical (unpaired) electrons. The summed E-state index contributed by atoms with van der Waals surface area (Å²) < 4.78 is 9.91. The molecule has 1 N–H and O–H groups in total. The molecular weight excluding hydrogens is 314 g/mol. The average Bonchev–Trinajstić information content (AvgIpc) is 2.53. The van der Waals surface area contributed by atoms with E-state index < -0.39 is 24.2 Å². The predicted octanol–water partition coefficient (Wildman–Crippen LogP) is 3.28. The summed E-state index contributed by atoms with van der Waals surface area (Å²) >= 11 is 0. The molecule has 0 fully saturated rings. The smallest absolute Gasteiger partial charge is 0.420 e. The second-order valence-electron chi connectivity index (χ2n) is 5.59. The zero-order chi connectivity index (χ0) is 18.1. The molecule has 1 aromatic rings. The molecule has 0 saturated carbocycles. The van der Waals surface area contributed by atoms with Gasteiger partial charge in [-0.15, -0.1) is 0 Å². The first-order valence-corrected chi connectivity index (χ1v) is 7.76. The highest BCUT2D eigenvalue weighted by Gasteiger charge is 2.37. The van der Waals surface area contributed by atoms with E-state index in [2.05, 4.69) is 0 Å². The minimum absolute atomic E-state index is 0.0231. The lowest BCUT2D eigenvalue weighted by molar-refractivity contribution is -0.142. The number of carboxylic acid groups (broad SMARTS) is 1. The fourth-order valence-electron chi connectivity index (χ4n) is 2.07. The first kappa shape index (κ1) is 19.5. The van der Waals surface area contributed by atoms with E-state index in [1.807, 2.05) is 6.07 Å². The predicted molar refractivity (Wildman–Crippen MR) is 86.4 cm³/mol. The monoisotopic (exact) mass is 337 g/mol. The Bertz CT molecular complexity index is 557. The van der Waals surface area contributed by atoms with Gasteiger partial charge in [0.2, 0.25) is 0 Å². The Morgan fingerprint density at radius 2 is 1.67 bits per heavy atom. The third-order valence-electron chi connectivity index (χ3n) is 3.16. The highest BCUT2D eigenvalue weighted by Crippen LogP contribution is 2.16. The normalized spacial score (nSPS) is 11.7. The van der Waals surface area contributed by atoms with Gasteiger partial charge in [0.1, 0.15) is 12.6 Å². The van der Waals surface area contributed by atoms with Crippen molar-refractivity contribution < 1.29 is 29.0 Å². The van der Waals surface area contributed by atoms with Gasteiger partial charge in [-0.25, -0.2) is 14.4 Å². The Labute approximate surface area is 141 Å². The van der Waals surface area contributed by atoms with Crippen molar-refractivity contribution in [3.8, 4) is 0 Å². The summed E-state index contributed by atoms with van der Waals surface area (Å²) in [5.74, 6) is -1.32.